The third kappa shape index (κ3) is 3.76. The van der Waals surface area contributed by atoms with Gasteiger partial charge in [-0.3, -0.25) is 14.6 Å². The Morgan fingerprint density at radius 1 is 1.10 bits per heavy atom. The van der Waals surface area contributed by atoms with Crippen molar-refractivity contribution in [1.82, 2.24) is 14.9 Å². The molecule has 30 heavy (non-hydrogen) atoms. The number of benzene rings is 2. The zero-order chi connectivity index (χ0) is 21.1. The zero-order valence-electron chi connectivity index (χ0n) is 17.0. The van der Waals surface area contributed by atoms with Gasteiger partial charge in [0.15, 0.2) is 5.78 Å². The first-order valence-electron chi connectivity index (χ1n) is 9.91. The molecule has 0 radical (unpaired) electrons. The van der Waals surface area contributed by atoms with Gasteiger partial charge in [0.1, 0.15) is 23.9 Å². The maximum absolute atomic E-state index is 12.7. The fourth-order valence-corrected chi connectivity index (χ4v) is 3.61. The Bertz CT molecular complexity index is 1220. The van der Waals surface area contributed by atoms with Gasteiger partial charge >= 0.3 is 0 Å². The molecule has 2 aromatic heterocycles. The number of hydrogen-bond donors (Lipinski definition) is 1. The third-order valence-electron chi connectivity index (χ3n) is 5.17. The molecule has 152 valence electrons. The highest BCUT2D eigenvalue weighted by Gasteiger charge is 2.19. The molecule has 1 N–H and O–H groups in total. The van der Waals surface area contributed by atoms with Crippen molar-refractivity contribution < 1.29 is 14.3 Å². The molecule has 0 saturated heterocycles. The molecule has 0 spiro atoms. The molecule has 2 aromatic carbocycles. The minimum absolute atomic E-state index is 0.0188. The summed E-state index contributed by atoms with van der Waals surface area (Å²) in [7, 11) is 0. The molecular formula is C24H23N3O3. The molecule has 1 atom stereocenters. The van der Waals surface area contributed by atoms with Gasteiger partial charge in [0.25, 0.3) is 0 Å². The number of Topliss-reactive ketones (excluding diaryl/α,β-unsaturated/α-hetero) is 1. The van der Waals surface area contributed by atoms with Crippen molar-refractivity contribution in [2.24, 2.45) is 0 Å². The van der Waals surface area contributed by atoms with Crippen molar-refractivity contribution in [1.29, 1.82) is 0 Å². The highest BCUT2D eigenvalue weighted by molar-refractivity contribution is 6.07. The Morgan fingerprint density at radius 2 is 1.90 bits per heavy atom. The van der Waals surface area contributed by atoms with Crippen LogP contribution in [0.3, 0.4) is 0 Å². The summed E-state index contributed by atoms with van der Waals surface area (Å²) in [5.74, 6) is 0.540. The highest BCUT2D eigenvalue weighted by atomic mass is 16.5. The number of fused-ring (bicyclic) bond motifs is 2. The molecule has 0 aliphatic carbocycles. The third-order valence-corrected chi connectivity index (χ3v) is 5.17. The second-order valence-corrected chi connectivity index (χ2v) is 7.17. The van der Waals surface area contributed by atoms with Crippen molar-refractivity contribution in [2.45, 2.75) is 19.9 Å². The van der Waals surface area contributed by atoms with Crippen LogP contribution in [0.15, 0.2) is 67.0 Å². The molecule has 0 bridgehead atoms. The lowest BCUT2D eigenvalue weighted by atomic mass is 10.1. The summed E-state index contributed by atoms with van der Waals surface area (Å²) in [6.45, 7) is 4.06. The average Bonchev–Trinajstić information content (AvgIpc) is 3.16. The van der Waals surface area contributed by atoms with E-state index in [4.69, 9.17) is 4.74 Å². The van der Waals surface area contributed by atoms with Crippen LogP contribution in [-0.2, 0) is 4.79 Å². The fourth-order valence-electron chi connectivity index (χ4n) is 3.61. The van der Waals surface area contributed by atoms with Gasteiger partial charge in [0.05, 0.1) is 6.54 Å². The molecule has 1 amide bonds. The fraction of sp³-hybridized carbons (Fsp3) is 0.208. The van der Waals surface area contributed by atoms with E-state index < -0.39 is 6.04 Å². The van der Waals surface area contributed by atoms with E-state index >= 15 is 0 Å². The Kier molecular flexibility index (Phi) is 5.48. The van der Waals surface area contributed by atoms with Gasteiger partial charge in [-0.05, 0) is 32.0 Å². The number of hydrogen-bond acceptors (Lipinski definition) is 4. The number of ether oxygens (including phenoxy) is 1. The maximum atomic E-state index is 12.7. The minimum Gasteiger partial charge on any atom is -0.489 e. The summed E-state index contributed by atoms with van der Waals surface area (Å²) in [6, 6.07) is 16.8. The lowest BCUT2D eigenvalue weighted by Gasteiger charge is -2.16. The predicted molar refractivity (Wildman–Crippen MR) is 117 cm³/mol. The summed E-state index contributed by atoms with van der Waals surface area (Å²) in [5, 5.41) is 4.78. The van der Waals surface area contributed by atoms with E-state index in [2.05, 4.69) is 10.3 Å². The Morgan fingerprint density at radius 3 is 2.73 bits per heavy atom. The maximum Gasteiger partial charge on any atom is 0.242 e. The number of nitrogens with one attached hydrogen (secondary N) is 1. The van der Waals surface area contributed by atoms with Crippen molar-refractivity contribution >= 4 is 33.5 Å². The predicted octanol–water partition coefficient (Wildman–Crippen LogP) is 4.15. The van der Waals surface area contributed by atoms with Gasteiger partial charge in [0.2, 0.25) is 5.91 Å². The van der Waals surface area contributed by atoms with Crippen molar-refractivity contribution in [3.8, 4) is 5.75 Å². The highest BCUT2D eigenvalue weighted by Crippen LogP contribution is 2.25. The van der Waals surface area contributed by atoms with Crippen LogP contribution in [0.4, 0.5) is 0 Å². The van der Waals surface area contributed by atoms with Crippen LogP contribution in [0.1, 0.15) is 30.2 Å². The smallest absolute Gasteiger partial charge is 0.242 e. The summed E-state index contributed by atoms with van der Waals surface area (Å²) < 4.78 is 7.68. The number of para-hydroxylation sites is 2. The van der Waals surface area contributed by atoms with E-state index in [9.17, 15) is 9.59 Å². The molecule has 1 unspecified atom stereocenters. The topological polar surface area (TPSA) is 73.2 Å². The van der Waals surface area contributed by atoms with Gasteiger partial charge in [-0.1, -0.05) is 36.4 Å². The van der Waals surface area contributed by atoms with Crippen LogP contribution in [0.2, 0.25) is 0 Å². The molecule has 4 rings (SSSR count). The number of carbonyl (C=O) groups is 2. The van der Waals surface area contributed by atoms with E-state index in [1.54, 1.807) is 12.4 Å². The van der Waals surface area contributed by atoms with E-state index in [-0.39, 0.29) is 11.7 Å². The van der Waals surface area contributed by atoms with Crippen LogP contribution >= 0.6 is 0 Å². The average molecular weight is 401 g/mol. The van der Waals surface area contributed by atoms with Gasteiger partial charge in [-0.25, -0.2) is 0 Å². The number of ketones is 1. The number of amides is 1. The van der Waals surface area contributed by atoms with Crippen LogP contribution < -0.4 is 10.1 Å². The zero-order valence-corrected chi connectivity index (χ0v) is 17.0. The van der Waals surface area contributed by atoms with Crippen LogP contribution in [0.5, 0.6) is 5.75 Å². The monoisotopic (exact) mass is 401 g/mol. The Balaban J connectivity index is 1.41. The molecular weight excluding hydrogens is 378 g/mol. The second kappa shape index (κ2) is 8.37. The van der Waals surface area contributed by atoms with Crippen molar-refractivity contribution in [2.75, 3.05) is 13.2 Å². The largest absolute Gasteiger partial charge is 0.489 e. The first kappa shape index (κ1) is 19.6. The summed E-state index contributed by atoms with van der Waals surface area (Å²) in [6.07, 6.45) is 3.49. The minimum atomic E-state index is -0.456. The number of nitrogens with zero attached hydrogens (tertiary/aromatic N) is 2. The van der Waals surface area contributed by atoms with Crippen LogP contribution in [0, 0.1) is 0 Å². The van der Waals surface area contributed by atoms with Crippen molar-refractivity contribution in [3.05, 3.63) is 72.6 Å². The number of rotatable bonds is 7. The molecule has 0 saturated carbocycles. The van der Waals surface area contributed by atoms with E-state index in [0.717, 1.165) is 21.8 Å². The molecule has 0 aliphatic rings. The molecule has 2 heterocycles. The quantitative estimate of drug-likeness (QED) is 0.373. The first-order valence-corrected chi connectivity index (χ1v) is 9.91. The SMILES string of the molecule is CC(=O)c1cn(C(C)C(=O)NCCOc2cccc3cccnc23)c2ccccc12. The Hall–Kier alpha value is -3.67. The number of aromatic nitrogens is 2. The standard InChI is InChI=1S/C24H23N3O3/c1-16(27-15-20(17(2)28)19-9-3-4-10-21(19)27)24(29)26-13-14-30-22-11-5-7-18-8-6-12-25-23(18)22/h3-12,15-16H,13-14H2,1-2H3,(H,26,29). The lowest BCUT2D eigenvalue weighted by molar-refractivity contribution is -0.123. The number of carbonyl (C=O) groups excluding carboxylic acids is 2. The molecule has 0 aliphatic heterocycles. The normalized spacial score (nSPS) is 12.1. The van der Waals surface area contributed by atoms with Gasteiger partial charge < -0.3 is 14.6 Å². The number of pyridine rings is 1. The lowest BCUT2D eigenvalue weighted by Crippen LogP contribution is -2.33. The molecule has 6 nitrogen and oxygen atoms in total. The van der Waals surface area contributed by atoms with Crippen molar-refractivity contribution in [3.63, 3.8) is 0 Å². The molecule has 4 aromatic rings. The summed E-state index contributed by atoms with van der Waals surface area (Å²) >= 11 is 0. The van der Waals surface area contributed by atoms with E-state index in [1.807, 2.05) is 66.1 Å². The summed E-state index contributed by atoms with van der Waals surface area (Å²) in [4.78, 5) is 29.0. The van der Waals surface area contributed by atoms with Gasteiger partial charge in [-0.2, -0.15) is 0 Å². The summed E-state index contributed by atoms with van der Waals surface area (Å²) in [5.41, 5.74) is 2.29. The molecule has 6 heteroatoms. The second-order valence-electron chi connectivity index (χ2n) is 7.17. The Labute approximate surface area is 174 Å². The van der Waals surface area contributed by atoms with E-state index in [1.165, 1.54) is 6.92 Å². The molecule has 0 fully saturated rings. The van der Waals surface area contributed by atoms with Crippen LogP contribution in [-0.4, -0.2) is 34.4 Å². The van der Waals surface area contributed by atoms with Gasteiger partial charge in [-0.15, -0.1) is 0 Å². The van der Waals surface area contributed by atoms with Gasteiger partial charge in [0, 0.05) is 34.2 Å². The first-order chi connectivity index (χ1) is 14.6. The van der Waals surface area contributed by atoms with Crippen LogP contribution in [0.25, 0.3) is 21.8 Å². The van der Waals surface area contributed by atoms with E-state index in [0.29, 0.717) is 24.5 Å².